The van der Waals surface area contributed by atoms with E-state index in [1.165, 1.54) is 0 Å². The number of nitrogens with one attached hydrogen (secondary N) is 1. The SMILES string of the molecule is CCOc1ccc([C@@H]2[C@@H]3CCCN3[C@]3(C(=O)Nc4ccccc43)[C@@H]2[N+](=O)[O-])cc1OC. The van der Waals surface area contributed by atoms with Gasteiger partial charge in [0.05, 0.1) is 19.6 Å². The van der Waals surface area contributed by atoms with Crippen LogP contribution in [-0.2, 0) is 10.3 Å². The maximum atomic E-state index is 13.5. The quantitative estimate of drug-likeness (QED) is 0.587. The summed E-state index contributed by atoms with van der Waals surface area (Å²) in [6, 6.07) is 11.7. The lowest BCUT2D eigenvalue weighted by molar-refractivity contribution is -0.534. The molecule has 1 N–H and O–H groups in total. The van der Waals surface area contributed by atoms with E-state index in [9.17, 15) is 14.9 Å². The average Bonchev–Trinajstić information content (AvgIpc) is 3.42. The Balaban J connectivity index is 1.70. The van der Waals surface area contributed by atoms with E-state index < -0.39 is 17.5 Å². The van der Waals surface area contributed by atoms with Crippen LogP contribution in [-0.4, -0.2) is 48.1 Å². The van der Waals surface area contributed by atoms with E-state index in [4.69, 9.17) is 9.47 Å². The molecule has 31 heavy (non-hydrogen) atoms. The predicted molar refractivity (Wildman–Crippen MR) is 114 cm³/mol. The van der Waals surface area contributed by atoms with Crippen molar-refractivity contribution >= 4 is 11.6 Å². The first-order chi connectivity index (χ1) is 15.0. The molecular formula is C23H25N3O5. The Kier molecular flexibility index (Phi) is 4.62. The van der Waals surface area contributed by atoms with E-state index >= 15 is 0 Å². The molecule has 1 spiro atoms. The van der Waals surface area contributed by atoms with Crippen molar-refractivity contribution in [3.63, 3.8) is 0 Å². The van der Waals surface area contributed by atoms with Gasteiger partial charge in [-0.05, 0) is 43.5 Å². The Morgan fingerprint density at radius 2 is 2.06 bits per heavy atom. The first-order valence-corrected chi connectivity index (χ1v) is 10.7. The highest BCUT2D eigenvalue weighted by Crippen LogP contribution is 2.58. The Hall–Kier alpha value is -3.13. The molecule has 5 rings (SSSR count). The Labute approximate surface area is 180 Å². The summed E-state index contributed by atoms with van der Waals surface area (Å²) in [7, 11) is 1.56. The van der Waals surface area contributed by atoms with Crippen LogP contribution in [0, 0.1) is 10.1 Å². The highest BCUT2D eigenvalue weighted by Gasteiger charge is 2.73. The van der Waals surface area contributed by atoms with Gasteiger partial charge >= 0.3 is 0 Å². The fourth-order valence-electron chi connectivity index (χ4n) is 5.94. The summed E-state index contributed by atoms with van der Waals surface area (Å²) in [5.74, 6) is 0.399. The fourth-order valence-corrected chi connectivity index (χ4v) is 5.94. The molecular weight excluding hydrogens is 398 g/mol. The van der Waals surface area contributed by atoms with Crippen molar-refractivity contribution in [1.82, 2.24) is 4.90 Å². The molecule has 0 unspecified atom stereocenters. The summed E-state index contributed by atoms with van der Waals surface area (Å²) in [4.78, 5) is 27.9. The van der Waals surface area contributed by atoms with E-state index in [-0.39, 0.29) is 16.9 Å². The number of carbonyl (C=O) groups is 1. The van der Waals surface area contributed by atoms with Gasteiger partial charge in [-0.25, -0.2) is 0 Å². The van der Waals surface area contributed by atoms with E-state index in [1.54, 1.807) is 7.11 Å². The predicted octanol–water partition coefficient (Wildman–Crippen LogP) is 3.15. The third-order valence-electron chi connectivity index (χ3n) is 6.97. The number of amides is 1. The molecule has 2 aromatic rings. The summed E-state index contributed by atoms with van der Waals surface area (Å²) >= 11 is 0. The summed E-state index contributed by atoms with van der Waals surface area (Å²) in [6.07, 6.45) is 1.71. The second-order valence-corrected chi connectivity index (χ2v) is 8.27. The molecule has 2 fully saturated rings. The number of carbonyl (C=O) groups excluding carboxylic acids is 1. The minimum atomic E-state index is -1.31. The number of anilines is 1. The molecule has 0 radical (unpaired) electrons. The maximum absolute atomic E-state index is 13.5. The summed E-state index contributed by atoms with van der Waals surface area (Å²) in [5.41, 5.74) is 0.856. The van der Waals surface area contributed by atoms with Gasteiger partial charge < -0.3 is 14.8 Å². The van der Waals surface area contributed by atoms with Gasteiger partial charge in [0.2, 0.25) is 0 Å². The minimum absolute atomic E-state index is 0.102. The van der Waals surface area contributed by atoms with Crippen LogP contribution >= 0.6 is 0 Å². The number of rotatable bonds is 5. The van der Waals surface area contributed by atoms with Crippen LogP contribution in [0.4, 0.5) is 5.69 Å². The number of hydrogen-bond donors (Lipinski definition) is 1. The molecule has 0 bridgehead atoms. The van der Waals surface area contributed by atoms with Gasteiger partial charge in [-0.3, -0.25) is 19.8 Å². The Morgan fingerprint density at radius 1 is 1.26 bits per heavy atom. The van der Waals surface area contributed by atoms with Crippen molar-refractivity contribution in [3.05, 3.63) is 63.7 Å². The van der Waals surface area contributed by atoms with E-state index in [2.05, 4.69) is 10.2 Å². The van der Waals surface area contributed by atoms with Crippen LogP contribution in [0.3, 0.4) is 0 Å². The Morgan fingerprint density at radius 3 is 2.81 bits per heavy atom. The average molecular weight is 423 g/mol. The first-order valence-electron chi connectivity index (χ1n) is 10.7. The number of fused-ring (bicyclic) bond motifs is 4. The number of para-hydroxylation sites is 1. The van der Waals surface area contributed by atoms with Crippen LogP contribution in [0.2, 0.25) is 0 Å². The fraction of sp³-hybridized carbons (Fsp3) is 0.435. The highest BCUT2D eigenvalue weighted by atomic mass is 16.6. The largest absolute Gasteiger partial charge is 0.493 e. The van der Waals surface area contributed by atoms with Crippen molar-refractivity contribution in [2.75, 3.05) is 25.6 Å². The Bertz CT molecular complexity index is 1060. The summed E-state index contributed by atoms with van der Waals surface area (Å²) < 4.78 is 11.1. The molecule has 2 saturated heterocycles. The monoisotopic (exact) mass is 423 g/mol. The molecule has 8 nitrogen and oxygen atoms in total. The van der Waals surface area contributed by atoms with E-state index in [0.29, 0.717) is 35.9 Å². The lowest BCUT2D eigenvalue weighted by Gasteiger charge is -2.32. The zero-order valence-corrected chi connectivity index (χ0v) is 17.5. The van der Waals surface area contributed by atoms with Gasteiger partial charge in [0, 0.05) is 28.8 Å². The van der Waals surface area contributed by atoms with Crippen LogP contribution in [0.15, 0.2) is 42.5 Å². The normalized spacial score (nSPS) is 29.0. The number of nitro groups is 1. The van der Waals surface area contributed by atoms with Crippen molar-refractivity contribution < 1.29 is 19.2 Å². The molecule has 0 aromatic heterocycles. The van der Waals surface area contributed by atoms with Gasteiger partial charge in [-0.2, -0.15) is 0 Å². The van der Waals surface area contributed by atoms with Crippen LogP contribution < -0.4 is 14.8 Å². The molecule has 3 aliphatic rings. The van der Waals surface area contributed by atoms with E-state index in [0.717, 1.165) is 18.4 Å². The standard InChI is InChI=1S/C23H25N3O5/c1-3-31-18-11-10-14(13-19(18)30-2)20-17-9-6-12-25(17)23(21(20)26(28)29)15-7-4-5-8-16(15)24-22(23)27/h4-5,7-8,10-11,13,17,20-21H,3,6,9,12H2,1-2H3,(H,24,27)/t17-,20+,21+,23-/m0/s1. The van der Waals surface area contributed by atoms with Gasteiger partial charge in [-0.15, -0.1) is 0 Å². The first kappa shape index (κ1) is 19.8. The van der Waals surface area contributed by atoms with Crippen LogP contribution in [0.5, 0.6) is 11.5 Å². The minimum Gasteiger partial charge on any atom is -0.493 e. The topological polar surface area (TPSA) is 93.9 Å². The molecule has 162 valence electrons. The van der Waals surface area contributed by atoms with Gasteiger partial charge in [0.25, 0.3) is 11.9 Å². The van der Waals surface area contributed by atoms with Gasteiger partial charge in [0.1, 0.15) is 0 Å². The third kappa shape index (κ3) is 2.61. The molecule has 2 aromatic carbocycles. The number of ether oxygens (including phenoxy) is 2. The highest BCUT2D eigenvalue weighted by molar-refractivity contribution is 6.07. The maximum Gasteiger partial charge on any atom is 0.256 e. The molecule has 0 aliphatic carbocycles. The number of hydrogen-bond acceptors (Lipinski definition) is 6. The smallest absolute Gasteiger partial charge is 0.256 e. The molecule has 3 aliphatic heterocycles. The zero-order valence-electron chi connectivity index (χ0n) is 17.5. The molecule has 8 heteroatoms. The van der Waals surface area contributed by atoms with Crippen LogP contribution in [0.1, 0.15) is 36.8 Å². The molecule has 0 saturated carbocycles. The number of nitrogens with zero attached hydrogens (tertiary/aromatic N) is 2. The summed E-state index contributed by atoms with van der Waals surface area (Å²) in [6.45, 7) is 3.04. The van der Waals surface area contributed by atoms with Crippen molar-refractivity contribution in [1.29, 1.82) is 0 Å². The van der Waals surface area contributed by atoms with Gasteiger partial charge in [-0.1, -0.05) is 24.3 Å². The van der Waals surface area contributed by atoms with Crippen molar-refractivity contribution in [2.24, 2.45) is 0 Å². The second-order valence-electron chi connectivity index (χ2n) is 8.27. The third-order valence-corrected chi connectivity index (χ3v) is 6.97. The molecule has 4 atom stereocenters. The lowest BCUT2D eigenvalue weighted by atomic mass is 9.77. The van der Waals surface area contributed by atoms with E-state index in [1.807, 2.05) is 49.4 Å². The van der Waals surface area contributed by atoms with Gasteiger partial charge in [0.15, 0.2) is 17.0 Å². The zero-order chi connectivity index (χ0) is 21.8. The second kappa shape index (κ2) is 7.23. The van der Waals surface area contributed by atoms with Crippen molar-refractivity contribution in [2.45, 2.75) is 43.3 Å². The molecule has 1 amide bonds. The van der Waals surface area contributed by atoms with Crippen molar-refractivity contribution in [3.8, 4) is 11.5 Å². The summed E-state index contributed by atoms with van der Waals surface area (Å²) in [5, 5.41) is 15.5. The molecule has 3 heterocycles. The van der Waals surface area contributed by atoms with Crippen LogP contribution in [0.25, 0.3) is 0 Å². The number of benzene rings is 2. The lowest BCUT2D eigenvalue weighted by Crippen LogP contribution is -2.55. The number of methoxy groups -OCH3 is 1.